The first-order chi connectivity index (χ1) is 17.5. The summed E-state index contributed by atoms with van der Waals surface area (Å²) in [6.45, 7) is 10.7. The lowest BCUT2D eigenvalue weighted by molar-refractivity contribution is 0.226. The van der Waals surface area contributed by atoms with E-state index >= 15 is 0 Å². The van der Waals surface area contributed by atoms with Crippen LogP contribution in [-0.4, -0.2) is 61.8 Å². The van der Waals surface area contributed by atoms with Gasteiger partial charge in [-0.2, -0.15) is 4.31 Å². The molecule has 200 valence electrons. The van der Waals surface area contributed by atoms with E-state index in [0.29, 0.717) is 39.1 Å². The van der Waals surface area contributed by atoms with Crippen LogP contribution in [0.2, 0.25) is 5.04 Å². The largest absolute Gasteiger partial charge is 0.407 e. The van der Waals surface area contributed by atoms with Crippen LogP contribution < -0.4 is 16.1 Å². The lowest BCUT2D eigenvalue weighted by atomic mass is 10.1. The second kappa shape index (κ2) is 11.2. The standard InChI is InChI=1S/C27H39N5O3SSi/c1-22(19-31-20-26(29-30-31)36(33,34)32-17-15-23(28)16-18-32)21-35-37(27(2,3)4,24-11-7-5-8-12-24)25-13-9-6-10-14-25/h5-14,20,22-23H,15-19,21,28H2,1-4H3. The monoisotopic (exact) mass is 541 g/mol. The zero-order valence-electron chi connectivity index (χ0n) is 22.2. The molecule has 1 fully saturated rings. The Hall–Kier alpha value is -2.37. The topological polar surface area (TPSA) is 103 Å². The van der Waals surface area contributed by atoms with Crippen LogP contribution >= 0.6 is 0 Å². The molecule has 10 heteroatoms. The van der Waals surface area contributed by atoms with Gasteiger partial charge in [0.1, 0.15) is 0 Å². The maximum absolute atomic E-state index is 13.0. The summed E-state index contributed by atoms with van der Waals surface area (Å²) in [7, 11) is -6.31. The number of benzene rings is 2. The maximum atomic E-state index is 13.0. The summed E-state index contributed by atoms with van der Waals surface area (Å²) in [5, 5.41) is 10.5. The van der Waals surface area contributed by atoms with E-state index in [9.17, 15) is 8.42 Å². The van der Waals surface area contributed by atoms with Crippen molar-refractivity contribution in [2.24, 2.45) is 11.7 Å². The van der Waals surface area contributed by atoms with Crippen molar-refractivity contribution >= 4 is 28.7 Å². The van der Waals surface area contributed by atoms with Crippen LogP contribution in [-0.2, 0) is 21.0 Å². The molecule has 1 aliphatic rings. The van der Waals surface area contributed by atoms with Gasteiger partial charge in [0.05, 0.1) is 6.20 Å². The summed E-state index contributed by atoms with van der Waals surface area (Å²) in [4.78, 5) is 0. The molecule has 3 aromatic rings. The van der Waals surface area contributed by atoms with E-state index in [1.54, 1.807) is 4.68 Å². The molecule has 0 bridgehead atoms. The summed E-state index contributed by atoms with van der Waals surface area (Å²) in [6.07, 6.45) is 2.84. The van der Waals surface area contributed by atoms with Crippen molar-refractivity contribution in [3.8, 4) is 0 Å². The minimum Gasteiger partial charge on any atom is -0.407 e. The zero-order valence-corrected chi connectivity index (χ0v) is 24.1. The molecule has 1 atom stereocenters. The molecule has 1 unspecified atom stereocenters. The Morgan fingerprint density at radius 2 is 1.57 bits per heavy atom. The molecular formula is C27H39N5O3SSi. The van der Waals surface area contributed by atoms with Crippen LogP contribution in [0.1, 0.15) is 40.5 Å². The number of rotatable bonds is 9. The SMILES string of the molecule is CC(CO[Si](c1ccccc1)(c1ccccc1)C(C)(C)C)Cn1cc(S(=O)(=O)N2CCC(N)CC2)nn1. The van der Waals surface area contributed by atoms with Gasteiger partial charge in [-0.3, -0.25) is 4.68 Å². The molecule has 37 heavy (non-hydrogen) atoms. The lowest BCUT2D eigenvalue weighted by Crippen LogP contribution is -2.66. The number of piperidine rings is 1. The van der Waals surface area contributed by atoms with Gasteiger partial charge in [-0.15, -0.1) is 5.10 Å². The molecule has 0 saturated carbocycles. The highest BCUT2D eigenvalue weighted by atomic mass is 32.2. The van der Waals surface area contributed by atoms with E-state index in [0.717, 1.165) is 0 Å². The molecule has 2 aromatic carbocycles. The fraction of sp³-hybridized carbons (Fsp3) is 0.481. The Labute approximate surface area is 222 Å². The summed E-state index contributed by atoms with van der Waals surface area (Å²) >= 11 is 0. The van der Waals surface area contributed by atoms with E-state index in [4.69, 9.17) is 10.2 Å². The predicted octanol–water partition coefficient (Wildman–Crippen LogP) is 2.60. The summed E-state index contributed by atoms with van der Waals surface area (Å²) < 4.78 is 36.1. The van der Waals surface area contributed by atoms with Crippen molar-refractivity contribution in [1.29, 1.82) is 0 Å². The van der Waals surface area contributed by atoms with Crippen LogP contribution in [0.3, 0.4) is 0 Å². The number of nitrogens with two attached hydrogens (primary N) is 1. The molecule has 0 radical (unpaired) electrons. The molecular weight excluding hydrogens is 502 g/mol. The molecule has 2 N–H and O–H groups in total. The quantitative estimate of drug-likeness (QED) is 0.418. The van der Waals surface area contributed by atoms with E-state index in [1.165, 1.54) is 20.9 Å². The second-order valence-electron chi connectivity index (χ2n) is 11.1. The highest BCUT2D eigenvalue weighted by Crippen LogP contribution is 2.37. The average Bonchev–Trinajstić information content (AvgIpc) is 3.34. The number of sulfonamides is 1. The zero-order chi connectivity index (χ0) is 26.7. The molecule has 1 saturated heterocycles. The number of hydrogen-bond donors (Lipinski definition) is 1. The fourth-order valence-corrected chi connectivity index (χ4v) is 11.2. The van der Waals surface area contributed by atoms with Crippen LogP contribution in [0.25, 0.3) is 0 Å². The molecule has 0 spiro atoms. The molecule has 0 amide bonds. The number of aromatic nitrogens is 3. The Kier molecular flexibility index (Phi) is 8.34. The lowest BCUT2D eigenvalue weighted by Gasteiger charge is -2.43. The van der Waals surface area contributed by atoms with Gasteiger partial charge < -0.3 is 10.2 Å². The van der Waals surface area contributed by atoms with E-state index in [2.05, 4.69) is 86.5 Å². The predicted molar refractivity (Wildman–Crippen MR) is 149 cm³/mol. The van der Waals surface area contributed by atoms with Gasteiger partial charge in [0, 0.05) is 32.3 Å². The third-order valence-electron chi connectivity index (χ3n) is 7.12. The molecule has 0 aliphatic carbocycles. The Morgan fingerprint density at radius 1 is 1.03 bits per heavy atom. The van der Waals surface area contributed by atoms with Gasteiger partial charge in [-0.1, -0.05) is 93.6 Å². The number of nitrogens with zero attached hydrogens (tertiary/aromatic N) is 4. The van der Waals surface area contributed by atoms with Crippen molar-refractivity contribution in [2.45, 2.75) is 63.2 Å². The van der Waals surface area contributed by atoms with Crippen molar-refractivity contribution in [1.82, 2.24) is 19.3 Å². The van der Waals surface area contributed by atoms with Gasteiger partial charge in [0.2, 0.25) is 5.03 Å². The number of hydrogen-bond acceptors (Lipinski definition) is 6. The highest BCUT2D eigenvalue weighted by Gasteiger charge is 2.50. The summed E-state index contributed by atoms with van der Waals surface area (Å²) in [5.41, 5.74) is 5.94. The van der Waals surface area contributed by atoms with Crippen molar-refractivity contribution in [3.63, 3.8) is 0 Å². The van der Waals surface area contributed by atoms with Gasteiger partial charge >= 0.3 is 0 Å². The van der Waals surface area contributed by atoms with Crippen LogP contribution in [0.5, 0.6) is 0 Å². The minimum absolute atomic E-state index is 0.0110. The van der Waals surface area contributed by atoms with Crippen molar-refractivity contribution in [2.75, 3.05) is 19.7 Å². The Bertz CT molecular complexity index is 1210. The summed E-state index contributed by atoms with van der Waals surface area (Å²) in [5.74, 6) is 0.0897. The third kappa shape index (κ3) is 5.88. The average molecular weight is 542 g/mol. The normalized spacial score (nSPS) is 17.1. The first-order valence-electron chi connectivity index (χ1n) is 12.9. The third-order valence-corrected chi connectivity index (χ3v) is 13.9. The molecule has 2 heterocycles. The van der Waals surface area contributed by atoms with Gasteiger partial charge in [0.15, 0.2) is 0 Å². The van der Waals surface area contributed by atoms with Gasteiger partial charge in [-0.25, -0.2) is 8.42 Å². The van der Waals surface area contributed by atoms with Crippen LogP contribution in [0.4, 0.5) is 0 Å². The first-order valence-corrected chi connectivity index (χ1v) is 16.3. The maximum Gasteiger partial charge on any atom is 0.264 e. The highest BCUT2D eigenvalue weighted by molar-refractivity contribution is 7.89. The Balaban J connectivity index is 1.52. The molecule has 1 aliphatic heterocycles. The molecule has 8 nitrogen and oxygen atoms in total. The fourth-order valence-electron chi connectivity index (χ4n) is 5.14. The van der Waals surface area contributed by atoms with Gasteiger partial charge in [-0.05, 0) is 34.2 Å². The molecule has 4 rings (SSSR count). The van der Waals surface area contributed by atoms with Crippen LogP contribution in [0.15, 0.2) is 71.9 Å². The second-order valence-corrected chi connectivity index (χ2v) is 17.3. The first kappa shape index (κ1) is 27.7. The van der Waals surface area contributed by atoms with E-state index < -0.39 is 18.3 Å². The van der Waals surface area contributed by atoms with E-state index in [1.807, 2.05) is 12.1 Å². The van der Waals surface area contributed by atoms with Crippen molar-refractivity contribution < 1.29 is 12.8 Å². The minimum atomic E-state index is -3.67. The Morgan fingerprint density at radius 3 is 2.08 bits per heavy atom. The van der Waals surface area contributed by atoms with Gasteiger partial charge in [0.25, 0.3) is 18.3 Å². The summed E-state index contributed by atoms with van der Waals surface area (Å²) in [6, 6.07) is 21.1. The van der Waals surface area contributed by atoms with Crippen molar-refractivity contribution in [3.05, 3.63) is 66.9 Å². The smallest absolute Gasteiger partial charge is 0.264 e. The molecule has 1 aromatic heterocycles. The van der Waals surface area contributed by atoms with Crippen LogP contribution in [0, 0.1) is 5.92 Å². The van der Waals surface area contributed by atoms with E-state index in [-0.39, 0.29) is 22.0 Å².